The van der Waals surface area contributed by atoms with E-state index in [0.717, 1.165) is 24.8 Å². The minimum absolute atomic E-state index is 0.102. The molecule has 0 bridgehead atoms. The van der Waals surface area contributed by atoms with Crippen LogP contribution in [0.5, 0.6) is 0 Å². The normalized spacial score (nSPS) is 15.0. The van der Waals surface area contributed by atoms with Gasteiger partial charge in [0.05, 0.1) is 9.77 Å². The third-order valence-electron chi connectivity index (χ3n) is 4.10. The highest BCUT2D eigenvalue weighted by atomic mass is 32.2. The van der Waals surface area contributed by atoms with Gasteiger partial charge in [0.2, 0.25) is 0 Å². The van der Waals surface area contributed by atoms with Gasteiger partial charge in [0, 0.05) is 18.7 Å². The Balaban J connectivity index is 1.76. The molecule has 3 rings (SSSR count). The number of hydrogen-bond donors (Lipinski definition) is 2. The van der Waals surface area contributed by atoms with Gasteiger partial charge in [-0.2, -0.15) is 0 Å². The lowest BCUT2D eigenvalue weighted by Gasteiger charge is -2.11. The topological polar surface area (TPSA) is 87.6 Å². The molecule has 0 radical (unpaired) electrons. The van der Waals surface area contributed by atoms with Gasteiger partial charge >= 0.3 is 0 Å². The summed E-state index contributed by atoms with van der Waals surface area (Å²) in [5, 5.41) is 4.61. The van der Waals surface area contributed by atoms with Crippen molar-refractivity contribution in [3.8, 4) is 0 Å². The summed E-state index contributed by atoms with van der Waals surface area (Å²) in [5.74, 6) is 0.263. The summed E-state index contributed by atoms with van der Waals surface area (Å²) in [4.78, 5) is 17.4. The number of nitrogens with zero attached hydrogens (tertiary/aromatic N) is 1. The van der Waals surface area contributed by atoms with Gasteiger partial charge in [0.25, 0.3) is 15.9 Å². The van der Waals surface area contributed by atoms with Crippen LogP contribution in [0.15, 0.2) is 45.6 Å². The Bertz CT molecular complexity index is 933. The second-order valence-corrected chi connectivity index (χ2v) is 8.76. The number of rotatable bonds is 4. The summed E-state index contributed by atoms with van der Waals surface area (Å²) in [5.41, 5.74) is 1.33. The van der Waals surface area contributed by atoms with Crippen LogP contribution in [0.25, 0.3) is 0 Å². The largest absolute Gasteiger partial charge is 0.321 e. The van der Waals surface area contributed by atoms with Gasteiger partial charge in [-0.1, -0.05) is 12.5 Å². The summed E-state index contributed by atoms with van der Waals surface area (Å²) in [7, 11) is -3.73. The van der Waals surface area contributed by atoms with E-state index in [0.29, 0.717) is 29.4 Å². The van der Waals surface area contributed by atoms with E-state index < -0.39 is 10.0 Å². The van der Waals surface area contributed by atoms with Gasteiger partial charge in [-0.05, 0) is 55.0 Å². The quantitative estimate of drug-likeness (QED) is 0.835. The van der Waals surface area contributed by atoms with E-state index in [4.69, 9.17) is 0 Å². The van der Waals surface area contributed by atoms with E-state index in [9.17, 15) is 13.2 Å². The van der Waals surface area contributed by atoms with E-state index in [2.05, 4.69) is 15.0 Å². The number of thiophene rings is 1. The van der Waals surface area contributed by atoms with Crippen LogP contribution in [0.2, 0.25) is 0 Å². The number of sulfonamides is 1. The van der Waals surface area contributed by atoms with E-state index in [1.54, 1.807) is 12.1 Å². The van der Waals surface area contributed by atoms with Gasteiger partial charge in [-0.25, -0.2) is 8.42 Å². The molecule has 2 aromatic rings. The highest BCUT2D eigenvalue weighted by Gasteiger charge is 2.18. The van der Waals surface area contributed by atoms with Crippen LogP contribution in [0.3, 0.4) is 0 Å². The molecule has 0 unspecified atom stereocenters. The first-order valence-electron chi connectivity index (χ1n) is 8.47. The summed E-state index contributed by atoms with van der Waals surface area (Å²) >= 11 is 1.35. The van der Waals surface area contributed by atoms with Crippen molar-refractivity contribution in [1.29, 1.82) is 0 Å². The molecular formula is C18H21N3O3S2. The third-order valence-corrected chi connectivity index (χ3v) is 6.49. The molecule has 1 amide bonds. The smallest absolute Gasteiger partial charge is 0.265 e. The standard InChI is InChI=1S/C18H21N3O3S2/c1-13-9-11-25-17(13)18(22)20-14-6-5-7-15(12-14)26(23,24)21-16-8-3-2-4-10-19-16/h5-7,9,11-12H,2-4,8,10H2,1H3,(H,19,21)(H,20,22). The van der Waals surface area contributed by atoms with Crippen LogP contribution in [0.1, 0.15) is 40.9 Å². The number of aliphatic imine (C=N–C) groups is 1. The first kappa shape index (κ1) is 18.6. The molecule has 0 atom stereocenters. The van der Waals surface area contributed by atoms with Crippen molar-refractivity contribution in [2.45, 2.75) is 37.5 Å². The molecule has 1 aliphatic rings. The lowest BCUT2D eigenvalue weighted by atomic mass is 10.2. The number of benzene rings is 1. The van der Waals surface area contributed by atoms with Gasteiger partial charge in [-0.3, -0.25) is 14.5 Å². The van der Waals surface area contributed by atoms with E-state index >= 15 is 0 Å². The average molecular weight is 392 g/mol. The van der Waals surface area contributed by atoms with Crippen molar-refractivity contribution >= 4 is 38.8 Å². The Hall–Kier alpha value is -2.19. The van der Waals surface area contributed by atoms with Crippen LogP contribution in [0, 0.1) is 6.92 Å². The van der Waals surface area contributed by atoms with Crippen molar-refractivity contribution in [3.05, 3.63) is 46.2 Å². The maximum Gasteiger partial charge on any atom is 0.265 e. The van der Waals surface area contributed by atoms with Gasteiger partial charge in [0.1, 0.15) is 5.84 Å². The van der Waals surface area contributed by atoms with Crippen LogP contribution < -0.4 is 10.0 Å². The molecule has 2 N–H and O–H groups in total. The molecule has 1 aromatic carbocycles. The molecule has 0 spiro atoms. The zero-order chi connectivity index (χ0) is 18.6. The molecular weight excluding hydrogens is 370 g/mol. The molecule has 1 aromatic heterocycles. The summed E-state index contributed by atoms with van der Waals surface area (Å²) in [6.45, 7) is 2.51. The first-order chi connectivity index (χ1) is 12.5. The lowest BCUT2D eigenvalue weighted by Crippen LogP contribution is -2.30. The molecule has 8 heteroatoms. The van der Waals surface area contributed by atoms with Crippen LogP contribution >= 0.6 is 11.3 Å². The molecule has 2 heterocycles. The number of carbonyl (C=O) groups excluding carboxylic acids is 1. The van der Waals surface area contributed by atoms with Crippen LogP contribution in [-0.4, -0.2) is 26.7 Å². The minimum Gasteiger partial charge on any atom is -0.321 e. The molecule has 6 nitrogen and oxygen atoms in total. The van der Waals surface area contributed by atoms with Crippen molar-refractivity contribution in [2.75, 3.05) is 11.9 Å². The molecule has 0 aliphatic carbocycles. The van der Waals surface area contributed by atoms with Crippen LogP contribution in [-0.2, 0) is 10.0 Å². The number of hydrogen-bond acceptors (Lipinski definition) is 5. The summed E-state index contributed by atoms with van der Waals surface area (Å²) in [6.07, 6.45) is 3.60. The van der Waals surface area contributed by atoms with Gasteiger partial charge in [-0.15, -0.1) is 11.3 Å². The fourth-order valence-corrected chi connectivity index (χ4v) is 4.66. The predicted molar refractivity (Wildman–Crippen MR) is 105 cm³/mol. The maximum absolute atomic E-state index is 12.6. The number of amides is 1. The molecule has 0 saturated heterocycles. The van der Waals surface area contributed by atoms with Crippen molar-refractivity contribution < 1.29 is 13.2 Å². The third kappa shape index (κ3) is 4.50. The highest BCUT2D eigenvalue weighted by Crippen LogP contribution is 2.20. The Kier molecular flexibility index (Phi) is 5.73. The SMILES string of the molecule is Cc1ccsc1C(=O)Nc1cccc(S(=O)(=O)NC2=NCCCCC2)c1. The van der Waals surface area contributed by atoms with Crippen molar-refractivity contribution in [1.82, 2.24) is 4.72 Å². The fraction of sp³-hybridized carbons (Fsp3) is 0.333. The number of anilines is 1. The van der Waals surface area contributed by atoms with Gasteiger partial charge in [0.15, 0.2) is 0 Å². The monoisotopic (exact) mass is 391 g/mol. The van der Waals surface area contributed by atoms with E-state index in [-0.39, 0.29) is 10.8 Å². The minimum atomic E-state index is -3.73. The lowest BCUT2D eigenvalue weighted by molar-refractivity contribution is 0.103. The number of nitrogens with one attached hydrogen (secondary N) is 2. The molecule has 0 fully saturated rings. The van der Waals surface area contributed by atoms with E-state index in [1.165, 1.54) is 23.5 Å². The number of amidine groups is 1. The Morgan fingerprint density at radius 3 is 2.81 bits per heavy atom. The second-order valence-electron chi connectivity index (χ2n) is 6.16. The van der Waals surface area contributed by atoms with Gasteiger partial charge < -0.3 is 5.32 Å². The Labute approximate surface area is 157 Å². The van der Waals surface area contributed by atoms with Crippen molar-refractivity contribution in [3.63, 3.8) is 0 Å². The van der Waals surface area contributed by atoms with Crippen LogP contribution in [0.4, 0.5) is 5.69 Å². The molecule has 0 saturated carbocycles. The highest BCUT2D eigenvalue weighted by molar-refractivity contribution is 7.90. The number of aryl methyl sites for hydroxylation is 1. The molecule has 26 heavy (non-hydrogen) atoms. The van der Waals surface area contributed by atoms with Crippen molar-refractivity contribution in [2.24, 2.45) is 4.99 Å². The second kappa shape index (κ2) is 8.01. The Morgan fingerprint density at radius 1 is 1.19 bits per heavy atom. The zero-order valence-corrected chi connectivity index (χ0v) is 16.1. The fourth-order valence-electron chi connectivity index (χ4n) is 2.71. The Morgan fingerprint density at radius 2 is 2.04 bits per heavy atom. The van der Waals surface area contributed by atoms with E-state index in [1.807, 2.05) is 18.4 Å². The zero-order valence-electron chi connectivity index (χ0n) is 14.5. The number of carbonyl (C=O) groups is 1. The predicted octanol–water partition coefficient (Wildman–Crippen LogP) is 3.56. The first-order valence-corrected chi connectivity index (χ1v) is 10.8. The maximum atomic E-state index is 12.6. The molecule has 1 aliphatic heterocycles. The summed E-state index contributed by atoms with van der Waals surface area (Å²) < 4.78 is 27.8. The molecule has 138 valence electrons. The average Bonchev–Trinajstić information content (AvgIpc) is 2.87. The summed E-state index contributed by atoms with van der Waals surface area (Å²) in [6, 6.07) is 8.12.